The Bertz CT molecular complexity index is 575. The Morgan fingerprint density at radius 3 is 2.79 bits per heavy atom. The molecule has 19 heavy (non-hydrogen) atoms. The molecule has 0 fully saturated rings. The number of aromatic nitrogens is 2. The standard InChI is InChI=1S/C14H15N3O2/c1-10-13(17-9-16-10)8-15-12(14(18)19)7-11-5-3-2-4-6-11/h2-6,8-9,12H,7H2,1H3,(H,16,17)(H,18,19)/t12-/m1/s1. The molecule has 5 nitrogen and oxygen atoms in total. The van der Waals surface area contributed by atoms with E-state index < -0.39 is 12.0 Å². The van der Waals surface area contributed by atoms with Gasteiger partial charge in [0.15, 0.2) is 6.04 Å². The average Bonchev–Trinajstić information content (AvgIpc) is 2.81. The average molecular weight is 257 g/mol. The number of carbonyl (C=O) groups is 1. The summed E-state index contributed by atoms with van der Waals surface area (Å²) < 4.78 is 0. The molecule has 2 aromatic rings. The number of carboxylic acid groups (broad SMARTS) is 1. The van der Waals surface area contributed by atoms with Gasteiger partial charge in [0.25, 0.3) is 0 Å². The Labute approximate surface area is 111 Å². The van der Waals surface area contributed by atoms with Crippen LogP contribution in [0.25, 0.3) is 0 Å². The Morgan fingerprint density at radius 1 is 1.47 bits per heavy atom. The van der Waals surface area contributed by atoms with Crippen molar-refractivity contribution >= 4 is 12.2 Å². The zero-order valence-electron chi connectivity index (χ0n) is 10.6. The van der Waals surface area contributed by atoms with Gasteiger partial charge >= 0.3 is 5.97 Å². The van der Waals surface area contributed by atoms with Gasteiger partial charge in [-0.15, -0.1) is 0 Å². The molecular weight excluding hydrogens is 242 g/mol. The molecule has 1 heterocycles. The van der Waals surface area contributed by atoms with Crippen LogP contribution in [0.15, 0.2) is 41.7 Å². The third kappa shape index (κ3) is 3.51. The molecule has 1 aromatic heterocycles. The van der Waals surface area contributed by atoms with Crippen molar-refractivity contribution in [1.29, 1.82) is 0 Å². The molecule has 0 amide bonds. The predicted molar refractivity (Wildman–Crippen MR) is 72.5 cm³/mol. The second kappa shape index (κ2) is 5.95. The highest BCUT2D eigenvalue weighted by Gasteiger charge is 2.16. The maximum atomic E-state index is 11.2. The van der Waals surface area contributed by atoms with E-state index in [0.717, 1.165) is 11.3 Å². The molecule has 2 N–H and O–H groups in total. The predicted octanol–water partition coefficient (Wildman–Crippen LogP) is 1.83. The number of rotatable bonds is 5. The van der Waals surface area contributed by atoms with Gasteiger partial charge in [-0.25, -0.2) is 9.78 Å². The van der Waals surface area contributed by atoms with Crippen LogP contribution in [-0.4, -0.2) is 33.3 Å². The van der Waals surface area contributed by atoms with Gasteiger partial charge in [-0.1, -0.05) is 30.3 Å². The zero-order chi connectivity index (χ0) is 13.7. The Hall–Kier alpha value is -2.43. The summed E-state index contributed by atoms with van der Waals surface area (Å²) in [7, 11) is 0. The summed E-state index contributed by atoms with van der Waals surface area (Å²) in [5.74, 6) is -0.937. The fourth-order valence-electron chi connectivity index (χ4n) is 1.70. The van der Waals surface area contributed by atoms with Gasteiger partial charge in [-0.05, 0) is 12.5 Å². The highest BCUT2D eigenvalue weighted by Crippen LogP contribution is 2.07. The van der Waals surface area contributed by atoms with E-state index in [0.29, 0.717) is 12.1 Å². The maximum Gasteiger partial charge on any atom is 0.328 e. The molecule has 0 bridgehead atoms. The minimum atomic E-state index is -0.937. The van der Waals surface area contributed by atoms with Gasteiger partial charge < -0.3 is 10.1 Å². The van der Waals surface area contributed by atoms with Gasteiger partial charge in [0.1, 0.15) is 5.69 Å². The summed E-state index contributed by atoms with van der Waals surface area (Å²) >= 11 is 0. The second-order valence-electron chi connectivity index (χ2n) is 4.23. The number of aromatic amines is 1. The number of aliphatic imine (C=N–C) groups is 1. The summed E-state index contributed by atoms with van der Waals surface area (Å²) in [5.41, 5.74) is 2.48. The number of aryl methyl sites for hydroxylation is 1. The molecule has 0 saturated heterocycles. The summed E-state index contributed by atoms with van der Waals surface area (Å²) in [5, 5.41) is 9.19. The fraction of sp³-hybridized carbons (Fsp3) is 0.214. The Balaban J connectivity index is 2.11. The molecule has 0 unspecified atom stereocenters. The lowest BCUT2D eigenvalue weighted by molar-refractivity contribution is -0.138. The van der Waals surface area contributed by atoms with Crippen LogP contribution in [0.2, 0.25) is 0 Å². The largest absolute Gasteiger partial charge is 0.480 e. The third-order valence-electron chi connectivity index (χ3n) is 2.80. The number of nitrogens with one attached hydrogen (secondary N) is 1. The van der Waals surface area contributed by atoms with Crippen LogP contribution < -0.4 is 0 Å². The lowest BCUT2D eigenvalue weighted by Gasteiger charge is -2.07. The molecule has 2 rings (SSSR count). The lowest BCUT2D eigenvalue weighted by Crippen LogP contribution is -2.21. The number of imidazole rings is 1. The van der Waals surface area contributed by atoms with E-state index in [4.69, 9.17) is 0 Å². The molecule has 0 spiro atoms. The smallest absolute Gasteiger partial charge is 0.328 e. The van der Waals surface area contributed by atoms with Gasteiger partial charge in [0, 0.05) is 18.3 Å². The van der Waals surface area contributed by atoms with Gasteiger partial charge in [0.2, 0.25) is 0 Å². The van der Waals surface area contributed by atoms with Crippen molar-refractivity contribution in [3.05, 3.63) is 53.6 Å². The monoisotopic (exact) mass is 257 g/mol. The molecule has 0 aliphatic carbocycles. The second-order valence-corrected chi connectivity index (χ2v) is 4.23. The first-order chi connectivity index (χ1) is 9.16. The Morgan fingerprint density at radius 2 is 2.21 bits per heavy atom. The topological polar surface area (TPSA) is 78.3 Å². The highest BCUT2D eigenvalue weighted by atomic mass is 16.4. The highest BCUT2D eigenvalue weighted by molar-refractivity contribution is 5.82. The fourth-order valence-corrected chi connectivity index (χ4v) is 1.70. The first kappa shape index (κ1) is 13.0. The molecule has 5 heteroatoms. The van der Waals surface area contributed by atoms with Crippen LogP contribution in [0.3, 0.4) is 0 Å². The quantitative estimate of drug-likeness (QED) is 0.802. The molecule has 98 valence electrons. The van der Waals surface area contributed by atoms with Crippen LogP contribution in [0.4, 0.5) is 0 Å². The number of hydrogen-bond acceptors (Lipinski definition) is 3. The summed E-state index contributed by atoms with van der Waals surface area (Å²) in [6, 6.07) is 8.66. The third-order valence-corrected chi connectivity index (χ3v) is 2.80. The lowest BCUT2D eigenvalue weighted by atomic mass is 10.1. The summed E-state index contributed by atoms with van der Waals surface area (Å²) in [4.78, 5) is 22.3. The minimum absolute atomic E-state index is 0.371. The van der Waals surface area contributed by atoms with Crippen molar-refractivity contribution in [3.8, 4) is 0 Å². The van der Waals surface area contributed by atoms with E-state index in [1.54, 1.807) is 6.33 Å². The van der Waals surface area contributed by atoms with E-state index in [2.05, 4.69) is 15.0 Å². The molecule has 0 aliphatic rings. The number of H-pyrrole nitrogens is 1. The number of benzene rings is 1. The van der Waals surface area contributed by atoms with E-state index >= 15 is 0 Å². The number of aliphatic carboxylic acids is 1. The van der Waals surface area contributed by atoms with E-state index in [1.165, 1.54) is 6.21 Å². The number of hydrogen-bond donors (Lipinski definition) is 2. The molecular formula is C14H15N3O2. The molecule has 1 atom stereocenters. The molecule has 0 radical (unpaired) electrons. The van der Waals surface area contributed by atoms with Gasteiger partial charge in [-0.3, -0.25) is 4.99 Å². The Kier molecular flexibility index (Phi) is 4.07. The normalized spacial score (nSPS) is 12.7. The van der Waals surface area contributed by atoms with Crippen molar-refractivity contribution in [2.75, 3.05) is 0 Å². The van der Waals surface area contributed by atoms with Crippen molar-refractivity contribution in [2.45, 2.75) is 19.4 Å². The first-order valence-corrected chi connectivity index (χ1v) is 5.96. The minimum Gasteiger partial charge on any atom is -0.480 e. The SMILES string of the molecule is Cc1[nH]cnc1C=N[C@H](Cc1ccccc1)C(=O)O. The van der Waals surface area contributed by atoms with E-state index in [-0.39, 0.29) is 0 Å². The molecule has 1 aromatic carbocycles. The van der Waals surface area contributed by atoms with Crippen molar-refractivity contribution in [3.63, 3.8) is 0 Å². The van der Waals surface area contributed by atoms with Crippen molar-refractivity contribution < 1.29 is 9.90 Å². The van der Waals surface area contributed by atoms with Crippen molar-refractivity contribution in [2.24, 2.45) is 4.99 Å². The van der Waals surface area contributed by atoms with E-state index in [1.807, 2.05) is 37.3 Å². The first-order valence-electron chi connectivity index (χ1n) is 5.96. The van der Waals surface area contributed by atoms with Gasteiger partial charge in [0.05, 0.1) is 6.33 Å². The molecule has 0 saturated carbocycles. The van der Waals surface area contributed by atoms with Crippen molar-refractivity contribution in [1.82, 2.24) is 9.97 Å². The van der Waals surface area contributed by atoms with Crippen LogP contribution >= 0.6 is 0 Å². The van der Waals surface area contributed by atoms with E-state index in [9.17, 15) is 9.90 Å². The maximum absolute atomic E-state index is 11.2. The number of carboxylic acids is 1. The van der Waals surface area contributed by atoms with Crippen LogP contribution in [-0.2, 0) is 11.2 Å². The number of nitrogens with zero attached hydrogens (tertiary/aromatic N) is 2. The summed E-state index contributed by atoms with van der Waals surface area (Å²) in [6.45, 7) is 1.86. The zero-order valence-corrected chi connectivity index (χ0v) is 10.6. The molecule has 0 aliphatic heterocycles. The van der Waals surface area contributed by atoms with Gasteiger partial charge in [-0.2, -0.15) is 0 Å². The van der Waals surface area contributed by atoms with Crippen LogP contribution in [0, 0.1) is 6.92 Å². The van der Waals surface area contributed by atoms with Crippen LogP contribution in [0.1, 0.15) is 17.0 Å². The summed E-state index contributed by atoms with van der Waals surface area (Å²) in [6.07, 6.45) is 3.44. The van der Waals surface area contributed by atoms with Crippen LogP contribution in [0.5, 0.6) is 0 Å².